The molecule has 0 aliphatic carbocycles. The van der Waals surface area contributed by atoms with Gasteiger partial charge in [-0.1, -0.05) is 17.6 Å². The number of rotatable bonds is 1. The first-order valence-electron chi connectivity index (χ1n) is 4.37. The highest BCUT2D eigenvalue weighted by molar-refractivity contribution is 6.32. The molecule has 0 unspecified atom stereocenters. The van der Waals surface area contributed by atoms with Crippen LogP contribution in [0.4, 0.5) is 0 Å². The number of fused-ring (bicyclic) bond motifs is 1. The molecule has 0 fully saturated rings. The van der Waals surface area contributed by atoms with Gasteiger partial charge in [-0.15, -0.1) is 0 Å². The fraction of sp³-hybridized carbons (Fsp3) is 0.300. The van der Waals surface area contributed by atoms with E-state index in [0.717, 1.165) is 22.5 Å². The van der Waals surface area contributed by atoms with Gasteiger partial charge >= 0.3 is 0 Å². The first-order chi connectivity index (χ1) is 6.31. The summed E-state index contributed by atoms with van der Waals surface area (Å²) in [6.07, 6.45) is 0. The standard InChI is InChI=1S/C10H10BNO/c1-2-13-10-9-4-3-8(11)5-7(9)6-12-10/h3-5H,2,6H2,1H3. The molecule has 1 aromatic rings. The second kappa shape index (κ2) is 3.25. The van der Waals surface area contributed by atoms with E-state index in [1.807, 2.05) is 25.1 Å². The van der Waals surface area contributed by atoms with Crippen molar-refractivity contribution in [3.63, 3.8) is 0 Å². The summed E-state index contributed by atoms with van der Waals surface area (Å²) in [7, 11) is 5.66. The van der Waals surface area contributed by atoms with Crippen molar-refractivity contribution in [2.45, 2.75) is 13.5 Å². The molecule has 3 heteroatoms. The van der Waals surface area contributed by atoms with Crippen LogP contribution in [0.3, 0.4) is 0 Å². The van der Waals surface area contributed by atoms with Crippen molar-refractivity contribution in [1.29, 1.82) is 0 Å². The molecule has 2 nitrogen and oxygen atoms in total. The summed E-state index contributed by atoms with van der Waals surface area (Å²) in [5.74, 6) is 0.748. The third kappa shape index (κ3) is 1.46. The lowest BCUT2D eigenvalue weighted by atomic mass is 9.92. The Bertz CT molecular complexity index is 360. The number of hydrogen-bond donors (Lipinski definition) is 0. The summed E-state index contributed by atoms with van der Waals surface area (Å²) in [5.41, 5.74) is 3.02. The molecule has 64 valence electrons. The second-order valence-electron chi connectivity index (χ2n) is 2.97. The van der Waals surface area contributed by atoms with Gasteiger partial charge in [-0.3, -0.25) is 0 Å². The Balaban J connectivity index is 2.34. The molecule has 0 aromatic heterocycles. The number of hydrogen-bond acceptors (Lipinski definition) is 2. The van der Waals surface area contributed by atoms with E-state index in [1.165, 1.54) is 0 Å². The van der Waals surface area contributed by atoms with Gasteiger partial charge < -0.3 is 4.74 Å². The molecule has 0 spiro atoms. The smallest absolute Gasteiger partial charge is 0.216 e. The van der Waals surface area contributed by atoms with Gasteiger partial charge in [0.25, 0.3) is 0 Å². The maximum atomic E-state index is 5.66. The minimum Gasteiger partial charge on any atom is -0.478 e. The van der Waals surface area contributed by atoms with E-state index in [9.17, 15) is 0 Å². The summed E-state index contributed by atoms with van der Waals surface area (Å²) >= 11 is 0. The first-order valence-corrected chi connectivity index (χ1v) is 4.37. The number of nitrogens with zero attached hydrogens (tertiary/aromatic N) is 1. The van der Waals surface area contributed by atoms with Crippen LogP contribution in [0, 0.1) is 0 Å². The van der Waals surface area contributed by atoms with Crippen LogP contribution in [-0.2, 0) is 11.3 Å². The maximum absolute atomic E-state index is 5.66. The van der Waals surface area contributed by atoms with E-state index in [4.69, 9.17) is 12.6 Å². The predicted octanol–water partition coefficient (Wildman–Crippen LogP) is 0.777. The van der Waals surface area contributed by atoms with Gasteiger partial charge in [0, 0.05) is 5.56 Å². The average molecular weight is 171 g/mol. The molecule has 0 saturated heterocycles. The highest BCUT2D eigenvalue weighted by atomic mass is 16.5. The Hall–Kier alpha value is -1.25. The number of ether oxygens (including phenoxy) is 1. The second-order valence-corrected chi connectivity index (χ2v) is 2.97. The van der Waals surface area contributed by atoms with Crippen molar-refractivity contribution < 1.29 is 4.74 Å². The molecule has 2 rings (SSSR count). The molecule has 0 amide bonds. The van der Waals surface area contributed by atoms with E-state index in [1.54, 1.807) is 0 Å². The monoisotopic (exact) mass is 171 g/mol. The fourth-order valence-corrected chi connectivity index (χ4v) is 1.46. The van der Waals surface area contributed by atoms with Crippen LogP contribution in [-0.4, -0.2) is 20.4 Å². The molecule has 1 aromatic carbocycles. The summed E-state index contributed by atoms with van der Waals surface area (Å²) in [6, 6.07) is 5.79. The zero-order valence-electron chi connectivity index (χ0n) is 7.58. The lowest BCUT2D eigenvalue weighted by molar-refractivity contribution is 0.329. The molecule has 1 aliphatic heterocycles. The Morgan fingerprint density at radius 2 is 2.38 bits per heavy atom. The average Bonchev–Trinajstić information content (AvgIpc) is 2.49. The molecular formula is C10H10BNO. The zero-order valence-corrected chi connectivity index (χ0v) is 7.58. The molecule has 13 heavy (non-hydrogen) atoms. The predicted molar refractivity (Wildman–Crippen MR) is 53.7 cm³/mol. The summed E-state index contributed by atoms with van der Waals surface area (Å²) in [6.45, 7) is 3.30. The van der Waals surface area contributed by atoms with Crippen LogP contribution < -0.4 is 5.46 Å². The largest absolute Gasteiger partial charge is 0.478 e. The van der Waals surface area contributed by atoms with Crippen molar-refractivity contribution in [2.75, 3.05) is 6.61 Å². The highest BCUT2D eigenvalue weighted by Gasteiger charge is 2.15. The Morgan fingerprint density at radius 1 is 1.54 bits per heavy atom. The third-order valence-corrected chi connectivity index (χ3v) is 2.03. The minimum absolute atomic E-state index is 0.655. The summed E-state index contributed by atoms with van der Waals surface area (Å²) in [5, 5.41) is 0. The highest BCUT2D eigenvalue weighted by Crippen LogP contribution is 2.17. The molecule has 2 radical (unpaired) electrons. The normalized spacial score (nSPS) is 13.8. The van der Waals surface area contributed by atoms with Crippen LogP contribution >= 0.6 is 0 Å². The Morgan fingerprint density at radius 3 is 3.15 bits per heavy atom. The van der Waals surface area contributed by atoms with Crippen molar-refractivity contribution in [3.05, 3.63) is 29.3 Å². The van der Waals surface area contributed by atoms with E-state index < -0.39 is 0 Å². The van der Waals surface area contributed by atoms with E-state index in [-0.39, 0.29) is 0 Å². The first kappa shape index (κ1) is 8.36. The lowest BCUT2D eigenvalue weighted by Crippen LogP contribution is -2.08. The molecule has 0 saturated carbocycles. The van der Waals surface area contributed by atoms with E-state index >= 15 is 0 Å². The SMILES string of the molecule is [B]c1ccc2c(c1)CN=C2OCC. The van der Waals surface area contributed by atoms with Gasteiger partial charge in [-0.25, -0.2) is 4.99 Å². The topological polar surface area (TPSA) is 21.6 Å². The summed E-state index contributed by atoms with van der Waals surface area (Å²) < 4.78 is 5.38. The van der Waals surface area contributed by atoms with Crippen LogP contribution in [0.2, 0.25) is 0 Å². The molecule has 1 heterocycles. The molecular weight excluding hydrogens is 161 g/mol. The van der Waals surface area contributed by atoms with Crippen LogP contribution in [0.15, 0.2) is 23.2 Å². The van der Waals surface area contributed by atoms with Gasteiger partial charge in [0.15, 0.2) is 0 Å². The minimum atomic E-state index is 0.655. The van der Waals surface area contributed by atoms with E-state index in [2.05, 4.69) is 4.99 Å². The number of benzene rings is 1. The van der Waals surface area contributed by atoms with Crippen molar-refractivity contribution in [2.24, 2.45) is 4.99 Å². The molecule has 0 N–H and O–H groups in total. The molecule has 0 bridgehead atoms. The maximum Gasteiger partial charge on any atom is 0.216 e. The fourth-order valence-electron chi connectivity index (χ4n) is 1.46. The zero-order chi connectivity index (χ0) is 9.26. The van der Waals surface area contributed by atoms with Gasteiger partial charge in [-0.2, -0.15) is 0 Å². The molecule has 0 atom stereocenters. The van der Waals surface area contributed by atoms with Crippen molar-refractivity contribution >= 4 is 19.2 Å². The summed E-state index contributed by atoms with van der Waals surface area (Å²) in [4.78, 5) is 4.27. The van der Waals surface area contributed by atoms with Gasteiger partial charge in [-0.05, 0) is 18.6 Å². The molecule has 1 aliphatic rings. The van der Waals surface area contributed by atoms with Crippen LogP contribution in [0.5, 0.6) is 0 Å². The Labute approximate surface area is 79.0 Å². The quantitative estimate of drug-likeness (QED) is 0.572. The van der Waals surface area contributed by atoms with Gasteiger partial charge in [0.1, 0.15) is 7.85 Å². The van der Waals surface area contributed by atoms with Crippen molar-refractivity contribution in [3.8, 4) is 0 Å². The van der Waals surface area contributed by atoms with E-state index in [0.29, 0.717) is 13.2 Å². The third-order valence-electron chi connectivity index (χ3n) is 2.03. The number of aliphatic imine (C=N–C) groups is 1. The van der Waals surface area contributed by atoms with Gasteiger partial charge in [0.2, 0.25) is 5.90 Å². The van der Waals surface area contributed by atoms with Crippen LogP contribution in [0.1, 0.15) is 18.1 Å². The van der Waals surface area contributed by atoms with Crippen LogP contribution in [0.25, 0.3) is 0 Å². The lowest BCUT2D eigenvalue weighted by Gasteiger charge is -2.04. The van der Waals surface area contributed by atoms with Gasteiger partial charge in [0.05, 0.1) is 13.2 Å². The Kier molecular flexibility index (Phi) is 2.09. The van der Waals surface area contributed by atoms with Crippen molar-refractivity contribution in [1.82, 2.24) is 0 Å².